The fourth-order valence-electron chi connectivity index (χ4n) is 1.22. The number of hydrazine groups is 1. The van der Waals surface area contributed by atoms with E-state index in [0.717, 1.165) is 11.3 Å². The lowest BCUT2D eigenvalue weighted by Crippen LogP contribution is -2.25. The average molecular weight is 196 g/mol. The van der Waals surface area contributed by atoms with E-state index in [0.29, 0.717) is 5.75 Å². The Balaban J connectivity index is 3.01. The quantitative estimate of drug-likeness (QED) is 0.561. The zero-order valence-corrected chi connectivity index (χ0v) is 8.70. The molecule has 14 heavy (non-hydrogen) atoms. The molecule has 0 aliphatic heterocycles. The Morgan fingerprint density at radius 2 is 1.86 bits per heavy atom. The van der Waals surface area contributed by atoms with Gasteiger partial charge in [-0.05, 0) is 24.6 Å². The van der Waals surface area contributed by atoms with Crippen LogP contribution in [0.25, 0.3) is 0 Å². The van der Waals surface area contributed by atoms with Gasteiger partial charge < -0.3 is 9.47 Å². The largest absolute Gasteiger partial charge is 0.493 e. The molecule has 0 aliphatic rings. The van der Waals surface area contributed by atoms with Crippen molar-refractivity contribution >= 4 is 0 Å². The molecule has 0 aliphatic carbocycles. The van der Waals surface area contributed by atoms with Crippen LogP contribution in [0.4, 0.5) is 0 Å². The van der Waals surface area contributed by atoms with Gasteiger partial charge in [0.2, 0.25) is 0 Å². The summed E-state index contributed by atoms with van der Waals surface area (Å²) in [6, 6.07) is 5.81. The number of hydrogen-bond acceptors (Lipinski definition) is 4. The van der Waals surface area contributed by atoms with Gasteiger partial charge in [-0.2, -0.15) is 0 Å². The van der Waals surface area contributed by atoms with Gasteiger partial charge in [0.25, 0.3) is 0 Å². The maximum Gasteiger partial charge on any atom is 0.161 e. The number of ether oxygens (including phenoxy) is 2. The van der Waals surface area contributed by atoms with E-state index >= 15 is 0 Å². The van der Waals surface area contributed by atoms with E-state index < -0.39 is 0 Å². The van der Waals surface area contributed by atoms with E-state index in [9.17, 15) is 0 Å². The summed E-state index contributed by atoms with van der Waals surface area (Å²) in [6.07, 6.45) is 0. The van der Waals surface area contributed by atoms with Crippen molar-refractivity contribution in [2.75, 3.05) is 14.2 Å². The van der Waals surface area contributed by atoms with Crippen LogP contribution in [0.1, 0.15) is 18.5 Å². The van der Waals surface area contributed by atoms with Crippen molar-refractivity contribution in [1.82, 2.24) is 5.43 Å². The van der Waals surface area contributed by atoms with Gasteiger partial charge in [0.1, 0.15) is 0 Å². The smallest absolute Gasteiger partial charge is 0.161 e. The van der Waals surface area contributed by atoms with Gasteiger partial charge in [-0.25, -0.2) is 0 Å². The molecule has 0 fully saturated rings. The number of hydrogen-bond donors (Lipinski definition) is 2. The standard InChI is InChI=1S/C10H16N2O2/c1-7(12-11)8-4-5-9(13-2)10(6-8)14-3/h4-7,12H,11H2,1-3H3/t7-/m1/s1. The summed E-state index contributed by atoms with van der Waals surface area (Å²) in [4.78, 5) is 0. The molecule has 0 radical (unpaired) electrons. The second-order valence-corrected chi connectivity index (χ2v) is 3.00. The normalized spacial score (nSPS) is 12.3. The Morgan fingerprint density at radius 1 is 1.21 bits per heavy atom. The van der Waals surface area contributed by atoms with Crippen LogP contribution in [0.3, 0.4) is 0 Å². The Labute approximate surface area is 84.0 Å². The monoisotopic (exact) mass is 196 g/mol. The molecule has 0 aromatic heterocycles. The molecule has 0 heterocycles. The number of rotatable bonds is 4. The second kappa shape index (κ2) is 4.83. The molecule has 1 aromatic rings. The molecule has 0 bridgehead atoms. The van der Waals surface area contributed by atoms with E-state index in [1.807, 2.05) is 25.1 Å². The van der Waals surface area contributed by atoms with Gasteiger partial charge in [0.15, 0.2) is 11.5 Å². The van der Waals surface area contributed by atoms with Crippen molar-refractivity contribution in [1.29, 1.82) is 0 Å². The Kier molecular flexibility index (Phi) is 3.73. The zero-order chi connectivity index (χ0) is 10.6. The first-order valence-electron chi connectivity index (χ1n) is 4.41. The predicted molar refractivity (Wildman–Crippen MR) is 55.3 cm³/mol. The highest BCUT2D eigenvalue weighted by molar-refractivity contribution is 5.43. The summed E-state index contributed by atoms with van der Waals surface area (Å²) in [5.74, 6) is 6.78. The third-order valence-corrected chi connectivity index (χ3v) is 2.16. The zero-order valence-electron chi connectivity index (χ0n) is 8.70. The highest BCUT2D eigenvalue weighted by atomic mass is 16.5. The van der Waals surface area contributed by atoms with Crippen LogP contribution in [0.5, 0.6) is 11.5 Å². The molecule has 4 heteroatoms. The molecular weight excluding hydrogens is 180 g/mol. The molecule has 0 amide bonds. The second-order valence-electron chi connectivity index (χ2n) is 3.00. The molecular formula is C10H16N2O2. The van der Waals surface area contributed by atoms with Crippen LogP contribution >= 0.6 is 0 Å². The van der Waals surface area contributed by atoms with E-state index in [2.05, 4.69) is 5.43 Å². The maximum absolute atomic E-state index is 5.34. The van der Waals surface area contributed by atoms with Crippen LogP contribution in [0.15, 0.2) is 18.2 Å². The summed E-state index contributed by atoms with van der Waals surface area (Å²) in [5, 5.41) is 0. The third kappa shape index (κ3) is 2.16. The number of methoxy groups -OCH3 is 2. The van der Waals surface area contributed by atoms with E-state index in [4.69, 9.17) is 15.3 Å². The summed E-state index contributed by atoms with van der Waals surface area (Å²) < 4.78 is 10.3. The van der Waals surface area contributed by atoms with E-state index in [-0.39, 0.29) is 6.04 Å². The number of benzene rings is 1. The van der Waals surface area contributed by atoms with Crippen molar-refractivity contribution in [3.63, 3.8) is 0 Å². The predicted octanol–water partition coefficient (Wildman–Crippen LogP) is 1.23. The SMILES string of the molecule is COc1ccc([C@@H](C)NN)cc1OC. The van der Waals surface area contributed by atoms with Crippen LogP contribution in [0, 0.1) is 0 Å². The van der Waals surface area contributed by atoms with Crippen LogP contribution in [-0.2, 0) is 0 Å². The van der Waals surface area contributed by atoms with Crippen LogP contribution in [-0.4, -0.2) is 14.2 Å². The number of nitrogens with two attached hydrogens (primary N) is 1. The maximum atomic E-state index is 5.34. The fraction of sp³-hybridized carbons (Fsp3) is 0.400. The van der Waals surface area contributed by atoms with Gasteiger partial charge >= 0.3 is 0 Å². The van der Waals surface area contributed by atoms with Crippen molar-refractivity contribution in [2.45, 2.75) is 13.0 Å². The Bertz CT molecular complexity index is 302. The Morgan fingerprint density at radius 3 is 2.36 bits per heavy atom. The van der Waals surface area contributed by atoms with Gasteiger partial charge in [-0.3, -0.25) is 11.3 Å². The lowest BCUT2D eigenvalue weighted by molar-refractivity contribution is 0.354. The molecule has 0 spiro atoms. The third-order valence-electron chi connectivity index (χ3n) is 2.16. The van der Waals surface area contributed by atoms with Gasteiger partial charge in [-0.1, -0.05) is 6.07 Å². The summed E-state index contributed by atoms with van der Waals surface area (Å²) in [5.41, 5.74) is 3.73. The molecule has 4 nitrogen and oxygen atoms in total. The summed E-state index contributed by atoms with van der Waals surface area (Å²) >= 11 is 0. The highest BCUT2D eigenvalue weighted by Gasteiger charge is 2.08. The number of nitrogens with one attached hydrogen (secondary N) is 1. The highest BCUT2D eigenvalue weighted by Crippen LogP contribution is 2.29. The van der Waals surface area contributed by atoms with Gasteiger partial charge in [-0.15, -0.1) is 0 Å². The summed E-state index contributed by atoms with van der Waals surface area (Å²) in [7, 11) is 3.23. The minimum atomic E-state index is 0.0924. The molecule has 0 saturated carbocycles. The molecule has 1 rings (SSSR count). The van der Waals surface area contributed by atoms with Gasteiger partial charge in [0.05, 0.1) is 14.2 Å². The first-order valence-corrected chi connectivity index (χ1v) is 4.41. The fourth-order valence-corrected chi connectivity index (χ4v) is 1.22. The van der Waals surface area contributed by atoms with E-state index in [1.54, 1.807) is 14.2 Å². The topological polar surface area (TPSA) is 56.5 Å². The first-order chi connectivity index (χ1) is 6.72. The minimum Gasteiger partial charge on any atom is -0.493 e. The molecule has 1 aromatic carbocycles. The van der Waals surface area contributed by atoms with Crippen molar-refractivity contribution in [3.05, 3.63) is 23.8 Å². The van der Waals surface area contributed by atoms with E-state index in [1.165, 1.54) is 0 Å². The molecule has 1 atom stereocenters. The van der Waals surface area contributed by atoms with Crippen LogP contribution < -0.4 is 20.7 Å². The van der Waals surface area contributed by atoms with Gasteiger partial charge in [0, 0.05) is 6.04 Å². The molecule has 0 unspecified atom stereocenters. The average Bonchev–Trinajstić information content (AvgIpc) is 2.26. The minimum absolute atomic E-state index is 0.0924. The Hall–Kier alpha value is -1.26. The van der Waals surface area contributed by atoms with Crippen LogP contribution in [0.2, 0.25) is 0 Å². The molecule has 3 N–H and O–H groups in total. The summed E-state index contributed by atoms with van der Waals surface area (Å²) in [6.45, 7) is 1.97. The van der Waals surface area contributed by atoms with Crippen molar-refractivity contribution < 1.29 is 9.47 Å². The lowest BCUT2D eigenvalue weighted by Gasteiger charge is -2.13. The van der Waals surface area contributed by atoms with Crippen molar-refractivity contribution in [2.24, 2.45) is 5.84 Å². The molecule has 78 valence electrons. The first kappa shape index (κ1) is 10.8. The molecule has 0 saturated heterocycles. The van der Waals surface area contributed by atoms with Crippen molar-refractivity contribution in [3.8, 4) is 11.5 Å². The lowest BCUT2D eigenvalue weighted by atomic mass is 10.1.